The predicted octanol–water partition coefficient (Wildman–Crippen LogP) is 2.15. The van der Waals surface area contributed by atoms with Crippen molar-refractivity contribution in [3.05, 3.63) is 59.2 Å². The number of esters is 1. The number of morpholine rings is 1. The minimum atomic E-state index is -3.71. The summed E-state index contributed by atoms with van der Waals surface area (Å²) < 4.78 is 38.9. The molecule has 0 bridgehead atoms. The van der Waals surface area contributed by atoms with Gasteiger partial charge in [-0.15, -0.1) is 0 Å². The summed E-state index contributed by atoms with van der Waals surface area (Å²) in [5.74, 6) is -1.15. The van der Waals surface area contributed by atoms with E-state index in [1.54, 1.807) is 36.4 Å². The summed E-state index contributed by atoms with van der Waals surface area (Å²) in [6.07, 6.45) is 2.67. The van der Waals surface area contributed by atoms with E-state index in [4.69, 9.17) is 15.2 Å². The van der Waals surface area contributed by atoms with Gasteiger partial charge in [0.15, 0.2) is 0 Å². The highest BCUT2D eigenvalue weighted by Gasteiger charge is 2.29. The largest absolute Gasteiger partial charge is 0.457 e. The van der Waals surface area contributed by atoms with Gasteiger partial charge in [0.25, 0.3) is 0 Å². The van der Waals surface area contributed by atoms with Crippen LogP contribution in [0.15, 0.2) is 47.4 Å². The smallest absolute Gasteiger partial charge is 0.340 e. The zero-order valence-corrected chi connectivity index (χ0v) is 19.8. The quantitative estimate of drug-likeness (QED) is 0.594. The van der Waals surface area contributed by atoms with Crippen molar-refractivity contribution in [1.82, 2.24) is 4.31 Å². The maximum absolute atomic E-state index is 13.2. The van der Waals surface area contributed by atoms with E-state index in [-0.39, 0.29) is 17.1 Å². The van der Waals surface area contributed by atoms with Crippen LogP contribution in [0.3, 0.4) is 0 Å². The second-order valence-electron chi connectivity index (χ2n) is 8.38. The van der Waals surface area contributed by atoms with Crippen LogP contribution in [-0.2, 0) is 26.1 Å². The average Bonchev–Trinajstić information content (AvgIpc) is 2.88. The first-order chi connectivity index (χ1) is 16.4. The Morgan fingerprint density at radius 3 is 2.26 bits per heavy atom. The molecule has 0 aromatic heterocycles. The summed E-state index contributed by atoms with van der Waals surface area (Å²) in [7, 11) is -3.71. The van der Waals surface area contributed by atoms with Crippen molar-refractivity contribution in [2.24, 2.45) is 5.73 Å². The van der Waals surface area contributed by atoms with Crippen molar-refractivity contribution in [3.8, 4) is 0 Å². The molecule has 9 nitrogen and oxygen atoms in total. The number of carbonyl (C=O) groups is 2. The summed E-state index contributed by atoms with van der Waals surface area (Å²) in [6, 6.07) is 11.1. The summed E-state index contributed by atoms with van der Waals surface area (Å²) in [6.45, 7) is 3.16. The first-order valence-corrected chi connectivity index (χ1v) is 12.8. The normalized spacial score (nSPS) is 17.4. The molecule has 2 N–H and O–H groups in total. The molecule has 2 heterocycles. The van der Waals surface area contributed by atoms with Gasteiger partial charge in [-0.05, 0) is 48.7 Å². The molecule has 0 aliphatic carbocycles. The number of hydrogen-bond acceptors (Lipinski definition) is 7. The Morgan fingerprint density at radius 2 is 1.62 bits per heavy atom. The Morgan fingerprint density at radius 1 is 0.941 bits per heavy atom. The third-order valence-electron chi connectivity index (χ3n) is 6.10. The lowest BCUT2D eigenvalue weighted by Gasteiger charge is -2.31. The van der Waals surface area contributed by atoms with Crippen LogP contribution in [0, 0.1) is 0 Å². The number of nitrogens with zero attached hydrogens (tertiary/aromatic N) is 2. The molecule has 10 heteroatoms. The number of carbonyl (C=O) groups excluding carboxylic acids is 2. The van der Waals surface area contributed by atoms with Crippen LogP contribution in [0.4, 0.5) is 5.69 Å². The Kier molecular flexibility index (Phi) is 7.50. The lowest BCUT2D eigenvalue weighted by molar-refractivity contribution is 0.0472. The molecule has 0 saturated carbocycles. The van der Waals surface area contributed by atoms with Crippen LogP contribution in [0.1, 0.15) is 45.5 Å². The number of sulfonamides is 1. The standard InChI is InChI=1S/C24H29N3O6S/c25-23(28)19-6-4-18(5-7-19)17-33-24(29)21-16-20(34(30,31)27-10-2-1-3-11-27)8-9-22(21)26-12-14-32-15-13-26/h4-9,16H,1-3,10-15,17H2,(H2,25,28). The maximum atomic E-state index is 13.2. The topological polar surface area (TPSA) is 119 Å². The number of anilines is 1. The fraction of sp³-hybridized carbons (Fsp3) is 0.417. The van der Waals surface area contributed by atoms with Crippen LogP contribution >= 0.6 is 0 Å². The number of ether oxygens (including phenoxy) is 2. The molecule has 182 valence electrons. The highest BCUT2D eigenvalue weighted by atomic mass is 32.2. The monoisotopic (exact) mass is 487 g/mol. The fourth-order valence-corrected chi connectivity index (χ4v) is 5.71. The number of hydrogen-bond donors (Lipinski definition) is 1. The highest BCUT2D eigenvalue weighted by Crippen LogP contribution is 2.29. The molecule has 0 spiro atoms. The molecule has 1 amide bonds. The van der Waals surface area contributed by atoms with Crippen LogP contribution < -0.4 is 10.6 Å². The number of benzene rings is 2. The molecule has 2 saturated heterocycles. The molecule has 4 rings (SSSR count). The summed E-state index contributed by atoms with van der Waals surface area (Å²) in [5.41, 5.74) is 7.13. The van der Waals surface area contributed by atoms with Gasteiger partial charge in [0.2, 0.25) is 15.9 Å². The molecule has 2 aliphatic rings. The molecule has 2 aromatic rings. The van der Waals surface area contributed by atoms with Crippen LogP contribution in [0.5, 0.6) is 0 Å². The van der Waals surface area contributed by atoms with Gasteiger partial charge in [-0.1, -0.05) is 18.6 Å². The van der Waals surface area contributed by atoms with Gasteiger partial charge in [-0.25, -0.2) is 13.2 Å². The number of nitrogens with two attached hydrogens (primary N) is 1. The van der Waals surface area contributed by atoms with E-state index in [9.17, 15) is 18.0 Å². The van der Waals surface area contributed by atoms with E-state index in [1.165, 1.54) is 10.4 Å². The van der Waals surface area contributed by atoms with Crippen LogP contribution in [0.25, 0.3) is 0 Å². The average molecular weight is 488 g/mol. The lowest BCUT2D eigenvalue weighted by atomic mass is 10.1. The van der Waals surface area contributed by atoms with Gasteiger partial charge in [0, 0.05) is 31.7 Å². The predicted molar refractivity (Wildman–Crippen MR) is 126 cm³/mol. The van der Waals surface area contributed by atoms with Crippen LogP contribution in [0.2, 0.25) is 0 Å². The second-order valence-corrected chi connectivity index (χ2v) is 10.3. The molecule has 34 heavy (non-hydrogen) atoms. The fourth-order valence-electron chi connectivity index (χ4n) is 4.17. The van der Waals surface area contributed by atoms with E-state index in [2.05, 4.69) is 0 Å². The Bertz CT molecular complexity index is 1140. The van der Waals surface area contributed by atoms with Gasteiger partial charge >= 0.3 is 5.97 Å². The first kappa shape index (κ1) is 24.2. The first-order valence-electron chi connectivity index (χ1n) is 11.4. The third kappa shape index (κ3) is 5.40. The minimum absolute atomic E-state index is 0.0243. The molecule has 2 fully saturated rings. The van der Waals surface area contributed by atoms with Gasteiger partial charge in [-0.3, -0.25) is 4.79 Å². The van der Waals surface area contributed by atoms with Gasteiger partial charge in [0.1, 0.15) is 6.61 Å². The Balaban J connectivity index is 1.59. The summed E-state index contributed by atoms with van der Waals surface area (Å²) in [4.78, 5) is 26.5. The Labute approximate surface area is 199 Å². The van der Waals surface area contributed by atoms with Gasteiger partial charge < -0.3 is 20.1 Å². The molecular weight excluding hydrogens is 458 g/mol. The minimum Gasteiger partial charge on any atom is -0.457 e. The van der Waals surface area contributed by atoms with Crippen molar-refractivity contribution in [1.29, 1.82) is 0 Å². The van der Waals surface area contributed by atoms with E-state index in [0.29, 0.717) is 56.2 Å². The number of primary amides is 1. The van der Waals surface area contributed by atoms with Crippen molar-refractivity contribution in [3.63, 3.8) is 0 Å². The van der Waals surface area contributed by atoms with Gasteiger partial charge in [-0.2, -0.15) is 4.31 Å². The number of piperidine rings is 1. The van der Waals surface area contributed by atoms with Crippen molar-refractivity contribution >= 4 is 27.6 Å². The van der Waals surface area contributed by atoms with Crippen LogP contribution in [-0.4, -0.2) is 64.0 Å². The molecule has 0 unspecified atom stereocenters. The number of rotatable bonds is 7. The second kappa shape index (κ2) is 10.5. The van der Waals surface area contributed by atoms with E-state index >= 15 is 0 Å². The van der Waals surface area contributed by atoms with E-state index in [0.717, 1.165) is 19.3 Å². The molecule has 0 atom stereocenters. The van der Waals surface area contributed by atoms with Crippen molar-refractivity contribution < 1.29 is 27.5 Å². The zero-order valence-electron chi connectivity index (χ0n) is 18.9. The molecular formula is C24H29N3O6S. The lowest BCUT2D eigenvalue weighted by Crippen LogP contribution is -2.38. The van der Waals surface area contributed by atoms with E-state index < -0.39 is 21.9 Å². The van der Waals surface area contributed by atoms with Crippen molar-refractivity contribution in [2.75, 3.05) is 44.3 Å². The molecule has 0 radical (unpaired) electrons. The SMILES string of the molecule is NC(=O)c1ccc(COC(=O)c2cc(S(=O)(=O)N3CCCCC3)ccc2N2CCOCC2)cc1. The summed E-state index contributed by atoms with van der Waals surface area (Å²) in [5, 5.41) is 0. The van der Waals surface area contributed by atoms with Crippen molar-refractivity contribution in [2.45, 2.75) is 30.8 Å². The third-order valence-corrected chi connectivity index (χ3v) is 8.00. The molecule has 2 aliphatic heterocycles. The van der Waals surface area contributed by atoms with Gasteiger partial charge in [0.05, 0.1) is 29.4 Å². The zero-order chi connectivity index (χ0) is 24.1. The Hall–Kier alpha value is -2.95. The summed E-state index contributed by atoms with van der Waals surface area (Å²) >= 11 is 0. The number of amides is 1. The highest BCUT2D eigenvalue weighted by molar-refractivity contribution is 7.89. The maximum Gasteiger partial charge on any atom is 0.340 e. The molecule has 2 aromatic carbocycles. The van der Waals surface area contributed by atoms with E-state index in [1.807, 2.05) is 4.90 Å².